The van der Waals surface area contributed by atoms with E-state index in [0.29, 0.717) is 19.6 Å². The normalized spacial score (nSPS) is 25.4. The van der Waals surface area contributed by atoms with Crippen LogP contribution in [0.25, 0.3) is 0 Å². The number of benzene rings is 2. The molecule has 4 nitrogen and oxygen atoms in total. The Balaban J connectivity index is 1.65. The van der Waals surface area contributed by atoms with Gasteiger partial charge in [0.15, 0.2) is 0 Å². The number of rotatable bonds is 4. The topological polar surface area (TPSA) is 49.8 Å². The second kappa shape index (κ2) is 6.86. The molecule has 2 saturated heterocycles. The minimum Gasteiger partial charge on any atom is -0.481 e. The van der Waals surface area contributed by atoms with Crippen LogP contribution in [0.4, 0.5) is 0 Å². The third-order valence-electron chi connectivity index (χ3n) is 6.03. The number of carboxylic acid groups (broad SMARTS) is 1. The molecule has 1 N–H and O–H groups in total. The van der Waals surface area contributed by atoms with E-state index in [1.807, 2.05) is 18.2 Å². The average Bonchev–Trinajstić information content (AvgIpc) is 2.63. The van der Waals surface area contributed by atoms with Crippen molar-refractivity contribution >= 4 is 5.97 Å². The Labute approximate surface area is 154 Å². The van der Waals surface area contributed by atoms with Gasteiger partial charge < -0.3 is 9.84 Å². The molecular weight excluding hydrogens is 326 g/mol. The van der Waals surface area contributed by atoms with E-state index in [1.54, 1.807) is 0 Å². The lowest BCUT2D eigenvalue weighted by Gasteiger charge is -2.53. The predicted molar refractivity (Wildman–Crippen MR) is 100 cm³/mol. The molecule has 0 amide bonds. The van der Waals surface area contributed by atoms with Gasteiger partial charge in [-0.1, -0.05) is 60.2 Å². The molecule has 2 fully saturated rings. The zero-order valence-electron chi connectivity index (χ0n) is 15.1. The highest BCUT2D eigenvalue weighted by atomic mass is 16.5. The summed E-state index contributed by atoms with van der Waals surface area (Å²) in [5.41, 5.74) is 3.51. The number of piperidine rings is 1. The van der Waals surface area contributed by atoms with E-state index in [1.165, 1.54) is 11.1 Å². The summed E-state index contributed by atoms with van der Waals surface area (Å²) in [4.78, 5) is 14.3. The van der Waals surface area contributed by atoms with Gasteiger partial charge in [0, 0.05) is 19.0 Å². The molecule has 2 heterocycles. The van der Waals surface area contributed by atoms with Crippen LogP contribution in [-0.4, -0.2) is 42.3 Å². The fourth-order valence-electron chi connectivity index (χ4n) is 4.37. The second-order valence-electron chi connectivity index (χ2n) is 7.59. The third-order valence-corrected chi connectivity index (χ3v) is 6.03. The number of aliphatic carboxylic acids is 1. The summed E-state index contributed by atoms with van der Waals surface area (Å²) >= 11 is 0. The van der Waals surface area contributed by atoms with E-state index in [-0.39, 0.29) is 17.4 Å². The number of carboxylic acids is 1. The van der Waals surface area contributed by atoms with Crippen molar-refractivity contribution in [1.82, 2.24) is 4.90 Å². The summed E-state index contributed by atoms with van der Waals surface area (Å²) in [7, 11) is 0. The molecule has 0 aliphatic carbocycles. The van der Waals surface area contributed by atoms with Crippen molar-refractivity contribution in [2.24, 2.45) is 5.92 Å². The Kier molecular flexibility index (Phi) is 4.55. The van der Waals surface area contributed by atoms with Crippen LogP contribution in [0.5, 0.6) is 0 Å². The first-order valence-corrected chi connectivity index (χ1v) is 9.28. The van der Waals surface area contributed by atoms with E-state index in [0.717, 1.165) is 18.7 Å². The van der Waals surface area contributed by atoms with E-state index < -0.39 is 5.97 Å². The highest BCUT2D eigenvalue weighted by molar-refractivity contribution is 5.71. The molecule has 0 radical (unpaired) electrons. The third kappa shape index (κ3) is 2.93. The number of hydrogen-bond donors (Lipinski definition) is 1. The molecule has 0 aromatic heterocycles. The molecule has 0 bridgehead atoms. The number of likely N-dealkylation sites (tertiary alicyclic amines) is 1. The molecule has 2 atom stereocenters. The van der Waals surface area contributed by atoms with Crippen LogP contribution in [0.3, 0.4) is 0 Å². The van der Waals surface area contributed by atoms with Gasteiger partial charge in [-0.15, -0.1) is 0 Å². The molecule has 26 heavy (non-hydrogen) atoms. The maximum atomic E-state index is 11.8. The molecule has 2 aliphatic rings. The van der Waals surface area contributed by atoms with Gasteiger partial charge in [-0.2, -0.15) is 0 Å². The van der Waals surface area contributed by atoms with Gasteiger partial charge in [-0.25, -0.2) is 0 Å². The van der Waals surface area contributed by atoms with Crippen molar-refractivity contribution in [3.05, 3.63) is 71.3 Å². The number of ether oxygens (including phenoxy) is 1. The molecule has 2 aliphatic heterocycles. The Bertz CT molecular complexity index is 768. The van der Waals surface area contributed by atoms with Gasteiger partial charge in [-0.3, -0.25) is 9.69 Å². The van der Waals surface area contributed by atoms with E-state index in [4.69, 9.17) is 4.74 Å². The highest BCUT2D eigenvalue weighted by Crippen LogP contribution is 2.42. The molecule has 4 heteroatoms. The monoisotopic (exact) mass is 351 g/mol. The number of hydrogen-bond acceptors (Lipinski definition) is 3. The van der Waals surface area contributed by atoms with Crippen LogP contribution in [-0.2, 0) is 15.1 Å². The van der Waals surface area contributed by atoms with Crippen molar-refractivity contribution in [2.75, 3.05) is 26.3 Å². The average molecular weight is 351 g/mol. The lowest BCUT2D eigenvalue weighted by atomic mass is 9.76. The van der Waals surface area contributed by atoms with Crippen LogP contribution in [0.15, 0.2) is 54.6 Å². The first-order chi connectivity index (χ1) is 12.6. The molecule has 2 unspecified atom stereocenters. The Morgan fingerprint density at radius 1 is 1.12 bits per heavy atom. The highest BCUT2D eigenvalue weighted by Gasteiger charge is 2.49. The van der Waals surface area contributed by atoms with E-state index >= 15 is 0 Å². The molecule has 4 rings (SSSR count). The van der Waals surface area contributed by atoms with E-state index in [2.05, 4.69) is 48.2 Å². The van der Waals surface area contributed by atoms with Crippen LogP contribution < -0.4 is 0 Å². The van der Waals surface area contributed by atoms with Gasteiger partial charge in [0.25, 0.3) is 0 Å². The fourth-order valence-corrected chi connectivity index (χ4v) is 4.37. The summed E-state index contributed by atoms with van der Waals surface area (Å²) < 4.78 is 5.63. The van der Waals surface area contributed by atoms with Crippen molar-refractivity contribution in [3.63, 3.8) is 0 Å². The molecule has 2 aromatic rings. The molecule has 136 valence electrons. The van der Waals surface area contributed by atoms with Crippen molar-refractivity contribution < 1.29 is 14.6 Å². The van der Waals surface area contributed by atoms with Gasteiger partial charge in [0.2, 0.25) is 0 Å². The lowest BCUT2D eigenvalue weighted by molar-refractivity contribution is -0.164. The summed E-state index contributed by atoms with van der Waals surface area (Å²) in [5.74, 6) is -1.01. The van der Waals surface area contributed by atoms with Crippen LogP contribution >= 0.6 is 0 Å². The first-order valence-electron chi connectivity index (χ1n) is 9.28. The fraction of sp³-hybridized carbons (Fsp3) is 0.409. The Morgan fingerprint density at radius 3 is 2.38 bits per heavy atom. The summed E-state index contributed by atoms with van der Waals surface area (Å²) in [6.07, 6.45) is 0.669. The number of aryl methyl sites for hydroxylation is 1. The van der Waals surface area contributed by atoms with Crippen LogP contribution in [0, 0.1) is 12.8 Å². The largest absolute Gasteiger partial charge is 0.481 e. The smallest absolute Gasteiger partial charge is 0.307 e. The minimum absolute atomic E-state index is 0.00498. The van der Waals surface area contributed by atoms with Crippen molar-refractivity contribution in [3.8, 4) is 0 Å². The second-order valence-corrected chi connectivity index (χ2v) is 7.59. The van der Waals surface area contributed by atoms with Crippen LogP contribution in [0.2, 0.25) is 0 Å². The minimum atomic E-state index is -0.687. The Morgan fingerprint density at radius 2 is 1.81 bits per heavy atom. The first kappa shape index (κ1) is 17.3. The summed E-state index contributed by atoms with van der Waals surface area (Å²) in [6, 6.07) is 18.8. The molecule has 0 spiro atoms. The Hall–Kier alpha value is -2.17. The molecule has 2 aromatic carbocycles. The zero-order chi connectivity index (χ0) is 18.1. The maximum Gasteiger partial charge on any atom is 0.307 e. The quantitative estimate of drug-likeness (QED) is 0.917. The number of carbonyl (C=O) groups is 1. The van der Waals surface area contributed by atoms with Crippen molar-refractivity contribution in [2.45, 2.75) is 24.8 Å². The zero-order valence-corrected chi connectivity index (χ0v) is 15.1. The lowest BCUT2D eigenvalue weighted by Crippen LogP contribution is -2.62. The summed E-state index contributed by atoms with van der Waals surface area (Å²) in [6.45, 7) is 4.98. The van der Waals surface area contributed by atoms with Gasteiger partial charge in [-0.05, 0) is 24.5 Å². The van der Waals surface area contributed by atoms with Gasteiger partial charge >= 0.3 is 5.97 Å². The predicted octanol–water partition coefficient (Wildman–Crippen LogP) is 3.41. The van der Waals surface area contributed by atoms with Crippen LogP contribution in [0.1, 0.15) is 29.0 Å². The van der Waals surface area contributed by atoms with Gasteiger partial charge in [0.05, 0.1) is 24.7 Å². The maximum absolute atomic E-state index is 11.8. The van der Waals surface area contributed by atoms with E-state index in [9.17, 15) is 9.90 Å². The number of nitrogens with zero attached hydrogens (tertiary/aromatic N) is 1. The SMILES string of the molecule is Cc1ccc(C2(N3CCC(C(=O)O)C(c4ccccc4)C3)COC2)cc1. The van der Waals surface area contributed by atoms with Crippen molar-refractivity contribution in [1.29, 1.82) is 0 Å². The standard InChI is InChI=1S/C22H25NO3/c1-16-7-9-18(10-8-16)22(14-26-15-22)23-12-11-19(21(24)25)20(13-23)17-5-3-2-4-6-17/h2-10,19-20H,11-15H2,1H3,(H,24,25). The van der Waals surface area contributed by atoms with Gasteiger partial charge in [0.1, 0.15) is 0 Å². The summed E-state index contributed by atoms with van der Waals surface area (Å²) in [5, 5.41) is 9.73. The molecular formula is C22H25NO3. The molecule has 0 saturated carbocycles.